The van der Waals surface area contributed by atoms with Gasteiger partial charge in [-0.15, -0.1) is 0 Å². The van der Waals surface area contributed by atoms with Gasteiger partial charge in [0.1, 0.15) is 0 Å². The maximum Gasteiger partial charge on any atom is 0.178 e. The molecule has 2 rings (SSSR count). The van der Waals surface area contributed by atoms with Crippen molar-refractivity contribution < 1.29 is 4.79 Å². The Labute approximate surface area is 89.1 Å². The highest BCUT2D eigenvalue weighted by Crippen LogP contribution is 2.20. The van der Waals surface area contributed by atoms with Crippen LogP contribution in [0.15, 0.2) is 12.4 Å². The van der Waals surface area contributed by atoms with E-state index in [0.29, 0.717) is 5.56 Å². The van der Waals surface area contributed by atoms with E-state index in [4.69, 9.17) is 5.73 Å². The van der Waals surface area contributed by atoms with E-state index < -0.39 is 0 Å². The van der Waals surface area contributed by atoms with Gasteiger partial charge in [-0.2, -0.15) is 0 Å². The van der Waals surface area contributed by atoms with Crippen LogP contribution in [0.5, 0.6) is 0 Å². The molecule has 2 heterocycles. The number of hydrogen-bond donors (Lipinski definition) is 1. The van der Waals surface area contributed by atoms with Crippen molar-refractivity contribution in [1.82, 2.24) is 9.88 Å². The molecule has 2 N–H and O–H groups in total. The lowest BCUT2D eigenvalue weighted by atomic mass is 9.95. The second-order valence-electron chi connectivity index (χ2n) is 3.94. The monoisotopic (exact) mass is 205 g/mol. The first-order valence-electron chi connectivity index (χ1n) is 5.10. The van der Waals surface area contributed by atoms with Crippen molar-refractivity contribution in [2.24, 2.45) is 5.73 Å². The Kier molecular flexibility index (Phi) is 2.79. The topological polar surface area (TPSA) is 59.2 Å². The third-order valence-corrected chi connectivity index (χ3v) is 2.82. The molecule has 0 bridgehead atoms. The highest BCUT2D eigenvalue weighted by Gasteiger charge is 2.19. The highest BCUT2D eigenvalue weighted by atomic mass is 16.1. The molecule has 0 unspecified atom stereocenters. The van der Waals surface area contributed by atoms with Crippen molar-refractivity contribution >= 4 is 5.78 Å². The van der Waals surface area contributed by atoms with Crippen LogP contribution in [0.3, 0.4) is 0 Å². The lowest BCUT2D eigenvalue weighted by molar-refractivity contribution is 0.0999. The molecule has 1 aromatic heterocycles. The van der Waals surface area contributed by atoms with E-state index in [1.165, 1.54) is 0 Å². The summed E-state index contributed by atoms with van der Waals surface area (Å²) in [5.41, 5.74) is 8.38. The number of nitrogens with two attached hydrogens (primary N) is 1. The van der Waals surface area contributed by atoms with Crippen molar-refractivity contribution in [3.8, 4) is 0 Å². The number of fused-ring (bicyclic) bond motifs is 1. The van der Waals surface area contributed by atoms with Gasteiger partial charge in [-0.1, -0.05) is 0 Å². The predicted molar refractivity (Wildman–Crippen MR) is 57.7 cm³/mol. The van der Waals surface area contributed by atoms with Gasteiger partial charge < -0.3 is 10.6 Å². The van der Waals surface area contributed by atoms with Crippen LogP contribution in [-0.4, -0.2) is 35.8 Å². The fraction of sp³-hybridized carbons (Fsp3) is 0.455. The normalized spacial score (nSPS) is 16.1. The number of carbonyl (C=O) groups is 1. The molecule has 0 atom stereocenters. The lowest BCUT2D eigenvalue weighted by Crippen LogP contribution is -2.29. The zero-order valence-corrected chi connectivity index (χ0v) is 8.86. The molecule has 4 heteroatoms. The van der Waals surface area contributed by atoms with Crippen molar-refractivity contribution in [3.05, 3.63) is 29.1 Å². The molecule has 4 nitrogen and oxygen atoms in total. The van der Waals surface area contributed by atoms with Gasteiger partial charge in [0.25, 0.3) is 0 Å². The first-order valence-corrected chi connectivity index (χ1v) is 5.10. The number of likely N-dealkylation sites (N-methyl/N-ethyl adjacent to an activating group) is 1. The number of ketones is 1. The molecule has 1 aromatic rings. The molecule has 1 aliphatic heterocycles. The average molecular weight is 205 g/mol. The number of carbonyl (C=O) groups excluding carboxylic acids is 1. The molecule has 0 aromatic carbocycles. The molecular weight excluding hydrogens is 190 g/mol. The fourth-order valence-corrected chi connectivity index (χ4v) is 1.98. The van der Waals surface area contributed by atoms with Crippen LogP contribution in [0.1, 0.15) is 21.5 Å². The quantitative estimate of drug-likeness (QED) is 0.701. The van der Waals surface area contributed by atoms with Crippen molar-refractivity contribution in [2.45, 2.75) is 13.0 Å². The van der Waals surface area contributed by atoms with Gasteiger partial charge in [0.15, 0.2) is 5.78 Å². The van der Waals surface area contributed by atoms with Gasteiger partial charge >= 0.3 is 0 Å². The molecule has 0 fully saturated rings. The van der Waals surface area contributed by atoms with Gasteiger partial charge in [-0.3, -0.25) is 9.78 Å². The largest absolute Gasteiger partial charge is 0.324 e. The van der Waals surface area contributed by atoms with E-state index in [-0.39, 0.29) is 12.3 Å². The SMILES string of the molecule is CN1CCc2c(cncc2C(=O)CN)C1. The smallest absolute Gasteiger partial charge is 0.178 e. The maximum atomic E-state index is 11.6. The Hall–Kier alpha value is -1.26. The van der Waals surface area contributed by atoms with Crippen LogP contribution in [0.2, 0.25) is 0 Å². The van der Waals surface area contributed by atoms with Gasteiger partial charge in [-0.05, 0) is 24.6 Å². The van der Waals surface area contributed by atoms with E-state index in [2.05, 4.69) is 16.9 Å². The first kappa shape index (κ1) is 10.3. The van der Waals surface area contributed by atoms with Gasteiger partial charge in [0.05, 0.1) is 6.54 Å². The number of pyridine rings is 1. The predicted octanol–water partition coefficient (Wildman–Crippen LogP) is 0.211. The summed E-state index contributed by atoms with van der Waals surface area (Å²) in [6.45, 7) is 1.92. The van der Waals surface area contributed by atoms with Gasteiger partial charge in [0.2, 0.25) is 0 Å². The fourth-order valence-electron chi connectivity index (χ4n) is 1.98. The third-order valence-electron chi connectivity index (χ3n) is 2.82. The molecule has 15 heavy (non-hydrogen) atoms. The molecule has 0 saturated carbocycles. The summed E-state index contributed by atoms with van der Waals surface area (Å²) in [4.78, 5) is 17.9. The maximum absolute atomic E-state index is 11.6. The summed E-state index contributed by atoms with van der Waals surface area (Å²) in [6.07, 6.45) is 4.40. The van der Waals surface area contributed by atoms with E-state index in [0.717, 1.165) is 30.6 Å². The number of aromatic nitrogens is 1. The number of rotatable bonds is 2. The van der Waals surface area contributed by atoms with Crippen LogP contribution >= 0.6 is 0 Å². The zero-order valence-electron chi connectivity index (χ0n) is 8.86. The van der Waals surface area contributed by atoms with Crippen LogP contribution in [-0.2, 0) is 13.0 Å². The number of Topliss-reactive ketones (excluding diaryl/α,β-unsaturated/α-hetero) is 1. The molecule has 0 aliphatic carbocycles. The third kappa shape index (κ3) is 1.91. The van der Waals surface area contributed by atoms with Crippen LogP contribution in [0, 0.1) is 0 Å². The van der Waals surface area contributed by atoms with Crippen LogP contribution in [0.25, 0.3) is 0 Å². The Bertz CT molecular complexity index is 389. The lowest BCUT2D eigenvalue weighted by Gasteiger charge is -2.25. The molecule has 0 spiro atoms. The van der Waals surface area contributed by atoms with Crippen LogP contribution in [0.4, 0.5) is 0 Å². The Morgan fingerprint density at radius 3 is 3.13 bits per heavy atom. The van der Waals surface area contributed by atoms with Crippen molar-refractivity contribution in [3.63, 3.8) is 0 Å². The average Bonchev–Trinajstić information content (AvgIpc) is 2.26. The second-order valence-corrected chi connectivity index (χ2v) is 3.94. The van der Waals surface area contributed by atoms with E-state index in [1.54, 1.807) is 6.20 Å². The first-order chi connectivity index (χ1) is 7.22. The van der Waals surface area contributed by atoms with Crippen molar-refractivity contribution in [1.29, 1.82) is 0 Å². The summed E-state index contributed by atoms with van der Waals surface area (Å²) >= 11 is 0. The van der Waals surface area contributed by atoms with Gasteiger partial charge in [0, 0.05) is 31.0 Å². The number of hydrogen-bond acceptors (Lipinski definition) is 4. The molecule has 0 amide bonds. The molecule has 0 radical (unpaired) electrons. The second kappa shape index (κ2) is 4.08. The van der Waals surface area contributed by atoms with Gasteiger partial charge in [-0.25, -0.2) is 0 Å². The van der Waals surface area contributed by atoms with Crippen LogP contribution < -0.4 is 5.73 Å². The number of nitrogens with zero attached hydrogens (tertiary/aromatic N) is 2. The van der Waals surface area contributed by atoms with Crippen molar-refractivity contribution in [2.75, 3.05) is 20.1 Å². The summed E-state index contributed by atoms with van der Waals surface area (Å²) in [5.74, 6) is -0.0103. The standard InChI is InChI=1S/C11H15N3O/c1-14-3-2-9-8(7-14)5-13-6-10(9)11(15)4-12/h5-6H,2-4,7,12H2,1H3. The minimum atomic E-state index is -0.0103. The zero-order chi connectivity index (χ0) is 10.8. The van der Waals surface area contributed by atoms with E-state index >= 15 is 0 Å². The molecule has 80 valence electrons. The summed E-state index contributed by atoms with van der Waals surface area (Å²) in [5, 5.41) is 0. The Morgan fingerprint density at radius 1 is 1.60 bits per heavy atom. The van der Waals surface area contributed by atoms with E-state index in [1.807, 2.05) is 6.20 Å². The molecule has 1 aliphatic rings. The Morgan fingerprint density at radius 2 is 2.40 bits per heavy atom. The summed E-state index contributed by atoms with van der Waals surface area (Å²) < 4.78 is 0. The Balaban J connectivity index is 2.42. The minimum absolute atomic E-state index is 0.0103. The minimum Gasteiger partial charge on any atom is -0.324 e. The highest BCUT2D eigenvalue weighted by molar-refractivity contribution is 5.98. The molecule has 0 saturated heterocycles. The summed E-state index contributed by atoms with van der Waals surface area (Å²) in [6, 6.07) is 0. The summed E-state index contributed by atoms with van der Waals surface area (Å²) in [7, 11) is 2.07. The van der Waals surface area contributed by atoms with E-state index in [9.17, 15) is 4.79 Å². The molecular formula is C11H15N3O.